The van der Waals surface area contributed by atoms with Gasteiger partial charge in [0.1, 0.15) is 0 Å². The summed E-state index contributed by atoms with van der Waals surface area (Å²) in [6, 6.07) is 28.0. The summed E-state index contributed by atoms with van der Waals surface area (Å²) < 4.78 is 4.44. The normalized spacial score (nSPS) is 8.87. The van der Waals surface area contributed by atoms with Crippen molar-refractivity contribution in [3.8, 4) is 11.5 Å². The van der Waals surface area contributed by atoms with E-state index in [0.29, 0.717) is 0 Å². The molecule has 23 heavy (non-hydrogen) atoms. The van der Waals surface area contributed by atoms with Crippen LogP contribution in [0.5, 0.6) is 11.5 Å². The number of thiol groups is 1. The molecule has 0 saturated carbocycles. The number of para-hydroxylation sites is 2. The van der Waals surface area contributed by atoms with Crippen LogP contribution in [0.1, 0.15) is 19.4 Å². The lowest BCUT2D eigenvalue weighted by atomic mass is 10.2. The van der Waals surface area contributed by atoms with E-state index in [2.05, 4.69) is 24.3 Å². The van der Waals surface area contributed by atoms with Crippen LogP contribution in [-0.4, -0.2) is 4.74 Å². The molecule has 1 N–H and O–H groups in total. The Morgan fingerprint density at radius 1 is 0.609 bits per heavy atom. The lowest BCUT2D eigenvalue weighted by molar-refractivity contribution is 0.199. The molecule has 0 saturated heterocycles. The number of rotatable bonds is 2. The predicted molar refractivity (Wildman–Crippen MR) is 104 cm³/mol. The lowest BCUT2D eigenvalue weighted by Crippen LogP contribution is -1.77. The molecule has 0 bridgehead atoms. The van der Waals surface area contributed by atoms with E-state index in [1.807, 2.05) is 98.8 Å². The fourth-order valence-electron chi connectivity index (χ4n) is 1.70. The van der Waals surface area contributed by atoms with E-state index in [1.54, 1.807) is 0 Å². The number of hydrogen-bond donors (Lipinski definition) is 1. The summed E-state index contributed by atoms with van der Waals surface area (Å²) in [5.74, 6) is 1.99. The zero-order valence-corrected chi connectivity index (χ0v) is 14.9. The monoisotopic (exact) mass is 325 g/mol. The van der Waals surface area contributed by atoms with Crippen LogP contribution in [-0.2, 0) is 0 Å². The Morgan fingerprint density at radius 2 is 1.00 bits per heavy atom. The number of aromatic hydroxyl groups is 2. The minimum atomic E-state index is 0.994. The highest BCUT2D eigenvalue weighted by atomic mass is 32.1. The van der Waals surface area contributed by atoms with Gasteiger partial charge in [0.15, 0.2) is 0 Å². The molecule has 0 fully saturated rings. The van der Waals surface area contributed by atoms with Crippen molar-refractivity contribution in [1.29, 1.82) is 0 Å². The summed E-state index contributed by atoms with van der Waals surface area (Å²) in [4.78, 5) is 1.02. The van der Waals surface area contributed by atoms with Crippen molar-refractivity contribution >= 4 is 12.6 Å². The maximum absolute atomic E-state index is 4.44. The first-order valence-corrected chi connectivity index (χ1v) is 8.26. The molecule has 0 heterocycles. The molecular formula is C21H25OS+. The lowest BCUT2D eigenvalue weighted by Gasteiger charge is -2.00. The molecule has 0 spiro atoms. The quantitative estimate of drug-likeness (QED) is 0.400. The molecule has 0 aromatic heterocycles. The van der Waals surface area contributed by atoms with E-state index in [4.69, 9.17) is 0 Å². The van der Waals surface area contributed by atoms with Crippen molar-refractivity contribution in [3.05, 3.63) is 90.5 Å². The fraction of sp³-hybridized carbons (Fsp3) is 0.143. The molecule has 1 nitrogen and oxygen atoms in total. The van der Waals surface area contributed by atoms with Gasteiger partial charge in [-0.15, -0.1) is 12.6 Å². The van der Waals surface area contributed by atoms with Crippen molar-refractivity contribution in [2.24, 2.45) is 0 Å². The van der Waals surface area contributed by atoms with E-state index < -0.39 is 0 Å². The molecule has 0 atom stereocenters. The van der Waals surface area contributed by atoms with Crippen LogP contribution in [0, 0.1) is 6.92 Å². The third-order valence-electron chi connectivity index (χ3n) is 2.80. The standard InChI is InChI=1S/C12H10O.C7H8S.C2H6/c1-3-7-11(8-4-1)13-12-9-5-2-6-10-12;1-6-2-4-7(8)5-3-6;1-2/h1-10H;2-5,8H,1H3;1-2H3/p+1. The van der Waals surface area contributed by atoms with Gasteiger partial charge >= 0.3 is 0 Å². The molecule has 0 radical (unpaired) electrons. The van der Waals surface area contributed by atoms with Crippen LogP contribution < -0.4 is 0 Å². The Bertz CT molecular complexity index is 575. The zero-order chi connectivity index (χ0) is 16.9. The van der Waals surface area contributed by atoms with Crippen molar-refractivity contribution in [3.63, 3.8) is 0 Å². The highest BCUT2D eigenvalue weighted by molar-refractivity contribution is 7.80. The third kappa shape index (κ3) is 8.12. The van der Waals surface area contributed by atoms with Crippen LogP contribution in [0.3, 0.4) is 0 Å². The first-order chi connectivity index (χ1) is 11.2. The van der Waals surface area contributed by atoms with Gasteiger partial charge in [-0.05, 0) is 19.1 Å². The van der Waals surface area contributed by atoms with Gasteiger partial charge in [-0.3, -0.25) is 0 Å². The molecule has 0 aliphatic rings. The average Bonchev–Trinajstić information content (AvgIpc) is 2.62. The van der Waals surface area contributed by atoms with Crippen LogP contribution in [0.15, 0.2) is 89.8 Å². The van der Waals surface area contributed by atoms with Crippen molar-refractivity contribution in [2.75, 3.05) is 0 Å². The fourth-order valence-corrected chi connectivity index (χ4v) is 1.85. The van der Waals surface area contributed by atoms with Crippen LogP contribution >= 0.6 is 12.6 Å². The molecule has 0 unspecified atom stereocenters. The summed E-state index contributed by atoms with van der Waals surface area (Å²) in [5.41, 5.74) is 1.28. The SMILES string of the molecule is CC.Cc1ccc(S)cc1.c1ccc([OH+]c2ccccc2)cc1. The first kappa shape index (κ1) is 18.9. The molecule has 0 amide bonds. The molecule has 120 valence electrons. The Kier molecular flexibility index (Phi) is 9.34. The Labute approximate surface area is 145 Å². The summed E-state index contributed by atoms with van der Waals surface area (Å²) in [6.07, 6.45) is 0. The second-order valence-electron chi connectivity index (χ2n) is 4.62. The maximum Gasteiger partial charge on any atom is 0.260 e. The molecule has 2 heteroatoms. The van der Waals surface area contributed by atoms with E-state index in [1.165, 1.54) is 5.56 Å². The minimum Gasteiger partial charge on any atom is -0.546 e. The Hall–Kier alpha value is -2.19. The van der Waals surface area contributed by atoms with Crippen molar-refractivity contribution in [1.82, 2.24) is 0 Å². The topological polar surface area (TPSA) is 12.8 Å². The van der Waals surface area contributed by atoms with E-state index >= 15 is 0 Å². The largest absolute Gasteiger partial charge is 0.546 e. The zero-order valence-electron chi connectivity index (χ0n) is 14.0. The van der Waals surface area contributed by atoms with E-state index in [-0.39, 0.29) is 0 Å². The summed E-state index contributed by atoms with van der Waals surface area (Å²) in [5, 5.41) is 0. The Morgan fingerprint density at radius 3 is 1.35 bits per heavy atom. The van der Waals surface area contributed by atoms with Crippen LogP contribution in [0.4, 0.5) is 0 Å². The van der Waals surface area contributed by atoms with Crippen LogP contribution in [0.2, 0.25) is 0 Å². The smallest absolute Gasteiger partial charge is 0.260 e. The molecule has 3 aromatic carbocycles. The van der Waals surface area contributed by atoms with Gasteiger partial charge in [0, 0.05) is 29.2 Å². The molecule has 0 aliphatic heterocycles. The Balaban J connectivity index is 0.000000228. The number of ether oxygens (including phenoxy) is 1. The van der Waals surface area contributed by atoms with Gasteiger partial charge in [0.05, 0.1) is 0 Å². The van der Waals surface area contributed by atoms with E-state index in [0.717, 1.165) is 16.4 Å². The number of hydrogen-bond acceptors (Lipinski definition) is 1. The van der Waals surface area contributed by atoms with E-state index in [9.17, 15) is 0 Å². The second-order valence-corrected chi connectivity index (χ2v) is 5.13. The maximum atomic E-state index is 4.44. The van der Waals surface area contributed by atoms with Crippen molar-refractivity contribution < 1.29 is 4.74 Å². The highest BCUT2D eigenvalue weighted by Gasteiger charge is 1.98. The molecule has 3 rings (SSSR count). The molecular weight excluding hydrogens is 300 g/mol. The van der Waals surface area contributed by atoms with Gasteiger partial charge in [-0.1, -0.05) is 67.9 Å². The summed E-state index contributed by atoms with van der Waals surface area (Å²) in [7, 11) is 0. The van der Waals surface area contributed by atoms with Gasteiger partial charge in [0.25, 0.3) is 11.5 Å². The molecule has 3 aromatic rings. The number of benzene rings is 3. The molecule has 0 aliphatic carbocycles. The first-order valence-electron chi connectivity index (χ1n) is 7.81. The third-order valence-corrected chi connectivity index (χ3v) is 3.10. The van der Waals surface area contributed by atoms with Gasteiger partial charge in [0.2, 0.25) is 0 Å². The minimum absolute atomic E-state index is 0.994. The van der Waals surface area contributed by atoms with Gasteiger partial charge in [-0.2, -0.15) is 0 Å². The summed E-state index contributed by atoms with van der Waals surface area (Å²) >= 11 is 4.13. The summed E-state index contributed by atoms with van der Waals surface area (Å²) in [6.45, 7) is 6.06. The predicted octanol–water partition coefficient (Wildman–Crippen LogP) is 6.65. The second kappa shape index (κ2) is 11.4. The number of aryl methyl sites for hydroxylation is 1. The average molecular weight is 325 g/mol. The van der Waals surface area contributed by atoms with Gasteiger partial charge < -0.3 is 4.74 Å². The highest BCUT2D eigenvalue weighted by Crippen LogP contribution is 2.21. The van der Waals surface area contributed by atoms with Crippen LogP contribution in [0.25, 0.3) is 0 Å². The van der Waals surface area contributed by atoms with Gasteiger partial charge in [-0.25, -0.2) is 0 Å². The van der Waals surface area contributed by atoms with Crippen molar-refractivity contribution in [2.45, 2.75) is 25.7 Å².